The Bertz CT molecular complexity index is 451. The van der Waals surface area contributed by atoms with Crippen molar-refractivity contribution in [3.8, 4) is 0 Å². The van der Waals surface area contributed by atoms with Crippen LogP contribution in [0.5, 0.6) is 0 Å². The number of carbonyl (C=O) groups excluding carboxylic acids is 1. The zero-order valence-corrected chi connectivity index (χ0v) is 11.9. The standard InChI is InChI=1S/C11H18N4O4S/c1-19-5-4-13-8(16)2-3-14-11-15-7(6-20-11)9(12)10(17)18/h6,9H,2-5,12H2,1H3,(H,13,16)(H,14,15)(H,17,18). The summed E-state index contributed by atoms with van der Waals surface area (Å²) in [7, 11) is 1.57. The summed E-state index contributed by atoms with van der Waals surface area (Å²) >= 11 is 1.25. The van der Waals surface area contributed by atoms with Gasteiger partial charge in [0.15, 0.2) is 5.13 Å². The molecule has 0 saturated carbocycles. The molecule has 112 valence electrons. The van der Waals surface area contributed by atoms with Gasteiger partial charge in [0, 0.05) is 32.0 Å². The molecule has 0 aliphatic carbocycles. The average molecular weight is 302 g/mol. The second kappa shape index (κ2) is 8.46. The highest BCUT2D eigenvalue weighted by molar-refractivity contribution is 7.13. The molecule has 0 radical (unpaired) electrons. The van der Waals surface area contributed by atoms with Crippen molar-refractivity contribution >= 4 is 28.3 Å². The number of thiazole rings is 1. The first-order valence-electron chi connectivity index (χ1n) is 5.98. The van der Waals surface area contributed by atoms with Crippen LogP contribution in [0.3, 0.4) is 0 Å². The highest BCUT2D eigenvalue weighted by Gasteiger charge is 2.17. The number of hydrogen-bond acceptors (Lipinski definition) is 7. The topological polar surface area (TPSA) is 127 Å². The third-order valence-electron chi connectivity index (χ3n) is 2.36. The van der Waals surface area contributed by atoms with Gasteiger partial charge in [-0.15, -0.1) is 11.3 Å². The number of ether oxygens (including phenoxy) is 1. The van der Waals surface area contributed by atoms with Crippen LogP contribution in [0.2, 0.25) is 0 Å². The van der Waals surface area contributed by atoms with Gasteiger partial charge in [0.05, 0.1) is 12.3 Å². The predicted molar refractivity (Wildman–Crippen MR) is 74.7 cm³/mol. The lowest BCUT2D eigenvalue weighted by atomic mass is 10.2. The smallest absolute Gasteiger partial charge is 0.326 e. The number of methoxy groups -OCH3 is 1. The Labute approximate surface area is 120 Å². The van der Waals surface area contributed by atoms with Crippen LogP contribution in [-0.4, -0.2) is 48.8 Å². The zero-order valence-electron chi connectivity index (χ0n) is 11.1. The van der Waals surface area contributed by atoms with Gasteiger partial charge in [-0.3, -0.25) is 9.59 Å². The zero-order chi connectivity index (χ0) is 15.0. The number of amides is 1. The summed E-state index contributed by atoms with van der Waals surface area (Å²) in [4.78, 5) is 26.1. The SMILES string of the molecule is COCCNC(=O)CCNc1nc(C(N)C(=O)O)cs1. The Morgan fingerprint density at radius 3 is 2.95 bits per heavy atom. The number of hydrogen-bond donors (Lipinski definition) is 4. The van der Waals surface area contributed by atoms with E-state index in [4.69, 9.17) is 15.6 Å². The van der Waals surface area contributed by atoms with E-state index in [0.717, 1.165) is 0 Å². The molecule has 0 aromatic carbocycles. The first kappa shape index (κ1) is 16.3. The molecule has 20 heavy (non-hydrogen) atoms. The quantitative estimate of drug-likeness (QED) is 0.465. The molecule has 1 amide bonds. The van der Waals surface area contributed by atoms with E-state index in [1.807, 2.05) is 0 Å². The van der Waals surface area contributed by atoms with Gasteiger partial charge in [0.1, 0.15) is 6.04 Å². The van der Waals surface area contributed by atoms with Crippen LogP contribution in [-0.2, 0) is 14.3 Å². The fourth-order valence-corrected chi connectivity index (χ4v) is 2.08. The summed E-state index contributed by atoms with van der Waals surface area (Å²) in [5.74, 6) is -1.21. The fourth-order valence-electron chi connectivity index (χ4n) is 1.30. The maximum Gasteiger partial charge on any atom is 0.326 e. The van der Waals surface area contributed by atoms with Crippen molar-refractivity contribution in [2.24, 2.45) is 5.73 Å². The molecule has 1 rings (SSSR count). The first-order valence-corrected chi connectivity index (χ1v) is 6.86. The van der Waals surface area contributed by atoms with E-state index in [0.29, 0.717) is 36.9 Å². The van der Waals surface area contributed by atoms with Crippen molar-refractivity contribution in [3.05, 3.63) is 11.1 Å². The van der Waals surface area contributed by atoms with E-state index in [2.05, 4.69) is 15.6 Å². The van der Waals surface area contributed by atoms with Gasteiger partial charge in [0.2, 0.25) is 5.91 Å². The number of carboxylic acids is 1. The molecule has 0 aliphatic heterocycles. The van der Waals surface area contributed by atoms with E-state index in [-0.39, 0.29) is 5.91 Å². The number of anilines is 1. The van der Waals surface area contributed by atoms with Crippen LogP contribution in [0, 0.1) is 0 Å². The van der Waals surface area contributed by atoms with Crippen molar-refractivity contribution in [1.29, 1.82) is 0 Å². The second-order valence-corrected chi connectivity index (χ2v) is 4.77. The summed E-state index contributed by atoms with van der Waals surface area (Å²) in [6, 6.07) is -1.13. The van der Waals surface area contributed by atoms with Gasteiger partial charge in [-0.25, -0.2) is 4.98 Å². The van der Waals surface area contributed by atoms with Crippen LogP contribution in [0.25, 0.3) is 0 Å². The number of rotatable bonds is 9. The maximum absolute atomic E-state index is 11.4. The Balaban J connectivity index is 2.29. The largest absolute Gasteiger partial charge is 0.480 e. The minimum Gasteiger partial charge on any atom is -0.480 e. The first-order chi connectivity index (χ1) is 9.54. The van der Waals surface area contributed by atoms with E-state index in [9.17, 15) is 9.59 Å². The number of nitrogens with zero attached hydrogens (tertiary/aromatic N) is 1. The Hall–Kier alpha value is -1.71. The Morgan fingerprint density at radius 1 is 1.55 bits per heavy atom. The van der Waals surface area contributed by atoms with E-state index in [1.54, 1.807) is 12.5 Å². The van der Waals surface area contributed by atoms with Gasteiger partial charge in [-0.05, 0) is 0 Å². The number of aromatic nitrogens is 1. The number of nitrogens with two attached hydrogens (primary N) is 1. The number of nitrogens with one attached hydrogen (secondary N) is 2. The maximum atomic E-state index is 11.4. The van der Waals surface area contributed by atoms with Gasteiger partial charge >= 0.3 is 5.97 Å². The summed E-state index contributed by atoms with van der Waals surface area (Å²) in [5, 5.41) is 16.5. The summed E-state index contributed by atoms with van der Waals surface area (Å²) in [6.45, 7) is 1.36. The monoisotopic (exact) mass is 302 g/mol. The van der Waals surface area contributed by atoms with Crippen molar-refractivity contribution in [2.45, 2.75) is 12.5 Å². The molecule has 9 heteroatoms. The molecule has 1 aromatic heterocycles. The van der Waals surface area contributed by atoms with Crippen molar-refractivity contribution in [3.63, 3.8) is 0 Å². The summed E-state index contributed by atoms with van der Waals surface area (Å²) in [6.07, 6.45) is 0.295. The highest BCUT2D eigenvalue weighted by atomic mass is 32.1. The second-order valence-electron chi connectivity index (χ2n) is 3.91. The third-order valence-corrected chi connectivity index (χ3v) is 3.18. The minimum atomic E-state index is -1.13. The Morgan fingerprint density at radius 2 is 2.30 bits per heavy atom. The van der Waals surface area contributed by atoms with E-state index >= 15 is 0 Å². The molecule has 5 N–H and O–H groups in total. The summed E-state index contributed by atoms with van der Waals surface area (Å²) in [5.41, 5.74) is 5.74. The highest BCUT2D eigenvalue weighted by Crippen LogP contribution is 2.19. The van der Waals surface area contributed by atoms with Crippen LogP contribution >= 0.6 is 11.3 Å². The average Bonchev–Trinajstić information content (AvgIpc) is 2.86. The molecule has 8 nitrogen and oxygen atoms in total. The van der Waals surface area contributed by atoms with Gasteiger partial charge < -0.3 is 26.2 Å². The molecular weight excluding hydrogens is 284 g/mol. The third kappa shape index (κ3) is 5.51. The minimum absolute atomic E-state index is 0.0893. The van der Waals surface area contributed by atoms with Crippen molar-refractivity contribution in [2.75, 3.05) is 32.1 Å². The molecule has 0 saturated heterocycles. The Kier molecular flexibility index (Phi) is 6.91. The normalized spacial score (nSPS) is 11.9. The molecule has 1 unspecified atom stereocenters. The molecule has 0 spiro atoms. The lowest BCUT2D eigenvalue weighted by molar-refractivity contribution is -0.138. The van der Waals surface area contributed by atoms with Crippen molar-refractivity contribution in [1.82, 2.24) is 10.3 Å². The number of aliphatic carboxylic acids is 1. The van der Waals surface area contributed by atoms with Crippen molar-refractivity contribution < 1.29 is 19.4 Å². The fraction of sp³-hybridized carbons (Fsp3) is 0.545. The van der Waals surface area contributed by atoms with E-state index in [1.165, 1.54) is 11.3 Å². The molecule has 1 atom stereocenters. The lowest BCUT2D eigenvalue weighted by Crippen LogP contribution is -2.28. The molecule has 1 aromatic rings. The van der Waals surface area contributed by atoms with Crippen LogP contribution in [0.15, 0.2) is 5.38 Å². The van der Waals surface area contributed by atoms with Gasteiger partial charge in [0.25, 0.3) is 0 Å². The van der Waals surface area contributed by atoms with Crippen LogP contribution in [0.4, 0.5) is 5.13 Å². The van der Waals surface area contributed by atoms with Gasteiger partial charge in [-0.2, -0.15) is 0 Å². The molecular formula is C11H18N4O4S. The molecule has 0 fully saturated rings. The van der Waals surface area contributed by atoms with Crippen LogP contribution in [0.1, 0.15) is 18.2 Å². The molecule has 0 bridgehead atoms. The lowest BCUT2D eigenvalue weighted by Gasteiger charge is -2.05. The predicted octanol–water partition coefficient (Wildman–Crippen LogP) is -0.208. The number of carboxylic acid groups (broad SMARTS) is 1. The van der Waals surface area contributed by atoms with Crippen LogP contribution < -0.4 is 16.4 Å². The molecule has 1 heterocycles. The number of carbonyl (C=O) groups is 2. The van der Waals surface area contributed by atoms with E-state index < -0.39 is 12.0 Å². The summed E-state index contributed by atoms with van der Waals surface area (Å²) < 4.78 is 4.81. The van der Waals surface area contributed by atoms with Gasteiger partial charge in [-0.1, -0.05) is 0 Å². The molecule has 0 aliphatic rings.